The predicted octanol–water partition coefficient (Wildman–Crippen LogP) is 3.32. The van der Waals surface area contributed by atoms with Gasteiger partial charge >= 0.3 is 0 Å². The smallest absolute Gasteiger partial charge is 0.259 e. The molecular formula is C35H34N4O6S. The molecule has 0 radical (unpaired) electrons. The van der Waals surface area contributed by atoms with Crippen molar-refractivity contribution in [3.63, 3.8) is 0 Å². The summed E-state index contributed by atoms with van der Waals surface area (Å²) in [4.78, 5) is 48.4. The molecule has 1 aliphatic heterocycles. The molecule has 3 aromatic carbocycles. The minimum Gasteiger partial charge on any atom is -0.390 e. The molecule has 1 saturated heterocycles. The summed E-state index contributed by atoms with van der Waals surface area (Å²) in [5.74, 6) is -2.05. The second-order valence-electron chi connectivity index (χ2n) is 12.4. The Morgan fingerprint density at radius 3 is 2.13 bits per heavy atom. The number of hydrogen-bond acceptors (Lipinski definition) is 7. The zero-order valence-corrected chi connectivity index (χ0v) is 25.9. The molecule has 0 spiro atoms. The van der Waals surface area contributed by atoms with Gasteiger partial charge in [0, 0.05) is 23.5 Å². The average molecular weight is 639 g/mol. The summed E-state index contributed by atoms with van der Waals surface area (Å²) in [5.41, 5.74) is 4.00. The third-order valence-electron chi connectivity index (χ3n) is 9.28. The number of carbonyl (C=O) groups is 3. The first-order chi connectivity index (χ1) is 22.2. The largest absolute Gasteiger partial charge is 0.390 e. The first-order valence-corrected chi connectivity index (χ1v) is 17.0. The first-order valence-electron chi connectivity index (χ1n) is 15.5. The summed E-state index contributed by atoms with van der Waals surface area (Å²) < 4.78 is 27.3. The molecule has 46 heavy (non-hydrogen) atoms. The minimum atomic E-state index is -3.83. The molecule has 3 fully saturated rings. The Balaban J connectivity index is 1.13. The predicted molar refractivity (Wildman–Crippen MR) is 172 cm³/mol. The molecule has 7 rings (SSSR count). The van der Waals surface area contributed by atoms with Gasteiger partial charge in [0.25, 0.3) is 5.91 Å². The van der Waals surface area contributed by atoms with E-state index in [4.69, 9.17) is 4.84 Å². The van der Waals surface area contributed by atoms with Crippen LogP contribution in [-0.2, 0) is 35.7 Å². The highest BCUT2D eigenvalue weighted by molar-refractivity contribution is 7.91. The van der Waals surface area contributed by atoms with E-state index in [1.165, 1.54) is 11.0 Å². The van der Waals surface area contributed by atoms with Crippen LogP contribution in [0.3, 0.4) is 0 Å². The van der Waals surface area contributed by atoms with E-state index in [2.05, 4.69) is 21.8 Å². The highest BCUT2D eigenvalue weighted by Crippen LogP contribution is 2.45. The quantitative estimate of drug-likeness (QED) is 0.202. The number of oxime groups is 1. The van der Waals surface area contributed by atoms with Crippen molar-refractivity contribution in [2.24, 2.45) is 11.1 Å². The van der Waals surface area contributed by atoms with E-state index in [0.29, 0.717) is 18.6 Å². The van der Waals surface area contributed by atoms with Gasteiger partial charge in [-0.25, -0.2) is 8.42 Å². The number of amides is 3. The minimum absolute atomic E-state index is 0.0765. The lowest BCUT2D eigenvalue weighted by Gasteiger charge is -2.26. The van der Waals surface area contributed by atoms with Gasteiger partial charge in [0.2, 0.25) is 21.8 Å². The molecular weight excluding hydrogens is 604 g/mol. The van der Waals surface area contributed by atoms with Crippen molar-refractivity contribution >= 4 is 33.5 Å². The Hall–Kier alpha value is -4.77. The molecule has 2 saturated carbocycles. The summed E-state index contributed by atoms with van der Waals surface area (Å²) in [6.45, 7) is 3.88. The third kappa shape index (κ3) is 5.49. The molecule has 3 aromatic rings. The fourth-order valence-electron chi connectivity index (χ4n) is 6.51. The lowest BCUT2D eigenvalue weighted by Crippen LogP contribution is -2.56. The fourth-order valence-corrected chi connectivity index (χ4v) is 7.87. The van der Waals surface area contributed by atoms with E-state index in [9.17, 15) is 22.8 Å². The normalized spacial score (nSPS) is 24.4. The molecule has 3 aliphatic carbocycles. The molecule has 1 heterocycles. The lowest BCUT2D eigenvalue weighted by molar-refractivity contribution is -0.139. The molecule has 2 N–H and O–H groups in total. The SMILES string of the molecule is C=C[C@@H]1C[C@@]1(NC(=O)C1CC(ON=C2c3ccccc3-c3ccccc32)CN1C(=O)Cc1ccccc1)C(=O)NS(=O)(=O)C1CC1. The van der Waals surface area contributed by atoms with Crippen LogP contribution in [0.25, 0.3) is 11.1 Å². The van der Waals surface area contributed by atoms with Crippen LogP contribution < -0.4 is 10.0 Å². The molecule has 4 aliphatic rings. The van der Waals surface area contributed by atoms with Gasteiger partial charge in [-0.2, -0.15) is 0 Å². The first kappa shape index (κ1) is 29.9. The van der Waals surface area contributed by atoms with Gasteiger partial charge in [-0.05, 0) is 36.0 Å². The van der Waals surface area contributed by atoms with Crippen LogP contribution in [0.2, 0.25) is 0 Å². The summed E-state index contributed by atoms with van der Waals surface area (Å²) >= 11 is 0. The summed E-state index contributed by atoms with van der Waals surface area (Å²) in [6.07, 6.45) is 2.36. The fraction of sp³-hybridized carbons (Fsp3) is 0.314. The maximum atomic E-state index is 13.9. The number of rotatable bonds is 10. The van der Waals surface area contributed by atoms with E-state index in [1.807, 2.05) is 78.9 Å². The van der Waals surface area contributed by atoms with Crippen molar-refractivity contribution < 1.29 is 27.6 Å². The van der Waals surface area contributed by atoms with Gasteiger partial charge in [0.05, 0.1) is 18.2 Å². The number of nitrogens with zero attached hydrogens (tertiary/aromatic N) is 2. The molecule has 236 valence electrons. The van der Waals surface area contributed by atoms with Gasteiger partial charge in [0.15, 0.2) is 0 Å². The monoisotopic (exact) mass is 638 g/mol. The topological polar surface area (TPSA) is 134 Å². The number of hydrogen-bond donors (Lipinski definition) is 2. The number of fused-ring (bicyclic) bond motifs is 3. The van der Waals surface area contributed by atoms with E-state index in [-0.39, 0.29) is 31.7 Å². The van der Waals surface area contributed by atoms with Crippen LogP contribution in [0.5, 0.6) is 0 Å². The Kier molecular flexibility index (Phi) is 7.51. The highest BCUT2D eigenvalue weighted by atomic mass is 32.2. The van der Waals surface area contributed by atoms with Crippen LogP contribution in [0.1, 0.15) is 42.4 Å². The van der Waals surface area contributed by atoms with Crippen molar-refractivity contribution in [3.8, 4) is 11.1 Å². The Labute approximate surface area is 267 Å². The number of sulfonamides is 1. The van der Waals surface area contributed by atoms with Gasteiger partial charge in [0.1, 0.15) is 23.4 Å². The van der Waals surface area contributed by atoms with Gasteiger partial charge in [-0.1, -0.05) is 90.1 Å². The standard InChI is InChI=1S/C35H34N4O6S/c1-2-23-20-35(23,34(42)38-46(43,44)25-16-17-25)36-33(41)30-19-24(21-39(30)31(40)18-22-10-4-3-5-11-22)45-37-32-28-14-8-6-12-26(28)27-13-7-9-15-29(27)32/h2-15,23-25,30H,1,16-21H2,(H,36,41)(H,38,42)/t23-,24?,30?,35+/m1/s1. The van der Waals surface area contributed by atoms with E-state index in [1.54, 1.807) is 0 Å². The zero-order valence-electron chi connectivity index (χ0n) is 25.1. The number of likely N-dealkylation sites (tertiary alicyclic amines) is 1. The molecule has 2 unspecified atom stereocenters. The van der Waals surface area contributed by atoms with Crippen molar-refractivity contribution in [3.05, 3.63) is 108 Å². The van der Waals surface area contributed by atoms with Crippen molar-refractivity contribution in [2.45, 2.75) is 55.0 Å². The number of nitrogens with one attached hydrogen (secondary N) is 2. The van der Waals surface area contributed by atoms with Gasteiger partial charge < -0.3 is 15.1 Å². The van der Waals surface area contributed by atoms with E-state index in [0.717, 1.165) is 27.8 Å². The van der Waals surface area contributed by atoms with Crippen LogP contribution in [0.15, 0.2) is 96.7 Å². The van der Waals surface area contributed by atoms with Crippen molar-refractivity contribution in [2.75, 3.05) is 6.54 Å². The molecule has 3 amide bonds. The number of benzene rings is 3. The Morgan fingerprint density at radius 1 is 0.935 bits per heavy atom. The molecule has 4 atom stereocenters. The van der Waals surface area contributed by atoms with E-state index >= 15 is 0 Å². The lowest BCUT2D eigenvalue weighted by atomic mass is 10.1. The Morgan fingerprint density at radius 2 is 1.54 bits per heavy atom. The molecule has 0 bridgehead atoms. The molecule has 0 aromatic heterocycles. The average Bonchev–Trinajstić information content (AvgIpc) is 3.97. The summed E-state index contributed by atoms with van der Waals surface area (Å²) in [6, 6.07) is 24.1. The van der Waals surface area contributed by atoms with Crippen molar-refractivity contribution in [1.82, 2.24) is 14.9 Å². The molecule has 10 nitrogen and oxygen atoms in total. The highest BCUT2D eigenvalue weighted by Gasteiger charge is 2.62. The van der Waals surface area contributed by atoms with Gasteiger partial charge in [-0.3, -0.25) is 19.1 Å². The van der Waals surface area contributed by atoms with Gasteiger partial charge in [-0.15, -0.1) is 6.58 Å². The number of carbonyl (C=O) groups excluding carboxylic acids is 3. The second kappa shape index (κ2) is 11.5. The van der Waals surface area contributed by atoms with Crippen LogP contribution in [0, 0.1) is 5.92 Å². The van der Waals surface area contributed by atoms with Crippen LogP contribution in [-0.4, -0.2) is 66.2 Å². The second-order valence-corrected chi connectivity index (χ2v) is 14.4. The maximum Gasteiger partial charge on any atom is 0.259 e. The van der Waals surface area contributed by atoms with E-state index < -0.39 is 50.7 Å². The third-order valence-corrected chi connectivity index (χ3v) is 11.1. The zero-order chi connectivity index (χ0) is 32.1. The van der Waals surface area contributed by atoms with Crippen LogP contribution >= 0.6 is 0 Å². The molecule has 11 heteroatoms. The Bertz CT molecular complexity index is 1820. The van der Waals surface area contributed by atoms with Crippen molar-refractivity contribution in [1.29, 1.82) is 0 Å². The maximum absolute atomic E-state index is 13.9. The summed E-state index contributed by atoms with van der Waals surface area (Å²) in [7, 11) is -3.83. The van der Waals surface area contributed by atoms with Crippen LogP contribution in [0.4, 0.5) is 0 Å². The summed E-state index contributed by atoms with van der Waals surface area (Å²) in [5, 5.41) is 6.78.